The third-order valence-corrected chi connectivity index (χ3v) is 3.04. The molecule has 0 aromatic heterocycles. The van der Waals surface area contributed by atoms with Crippen molar-refractivity contribution in [2.45, 2.75) is 63.6 Å². The van der Waals surface area contributed by atoms with Gasteiger partial charge in [-0.25, -0.2) is 0 Å². The molecule has 0 aliphatic carbocycles. The van der Waals surface area contributed by atoms with E-state index in [1.807, 2.05) is 0 Å². The molecule has 116 valence electrons. The van der Waals surface area contributed by atoms with E-state index in [-0.39, 0.29) is 25.4 Å². The predicted octanol–water partition coefficient (Wildman–Crippen LogP) is 0.830. The first-order chi connectivity index (χ1) is 9.20. The lowest BCUT2D eigenvalue weighted by Gasteiger charge is -2.11. The first-order valence-corrected chi connectivity index (χ1v) is 7.36. The minimum absolute atomic E-state index is 0.131. The molecule has 0 fully saturated rings. The Kier molecular flexibility index (Phi) is 14.1. The Bertz CT molecular complexity index is 159. The van der Waals surface area contributed by atoms with Crippen molar-refractivity contribution < 1.29 is 25.2 Å². The fourth-order valence-corrected chi connectivity index (χ4v) is 1.89. The summed E-state index contributed by atoms with van der Waals surface area (Å²) in [5, 5.41) is 36.3. The molecule has 0 aromatic carbocycles. The van der Waals surface area contributed by atoms with Crippen molar-refractivity contribution in [3.05, 3.63) is 0 Å². The molecule has 0 aliphatic rings. The molecule has 0 rings (SSSR count). The summed E-state index contributed by atoms with van der Waals surface area (Å²) in [6.07, 6.45) is 4.97. The van der Waals surface area contributed by atoms with Crippen LogP contribution >= 0.6 is 0 Å². The van der Waals surface area contributed by atoms with Gasteiger partial charge in [0.05, 0.1) is 12.2 Å². The molecule has 0 spiro atoms. The molecule has 2 atom stereocenters. The Morgan fingerprint density at radius 2 is 1.00 bits per heavy atom. The zero-order valence-electron chi connectivity index (χ0n) is 11.8. The Hall–Kier alpha value is -0.200. The standard InChI is InChI=1S/C14H30O5/c15-9-1-5-13(17)7-3-11-19-12-4-8-14(18)6-2-10-16/h13-18H,1-12H2. The Balaban J connectivity index is 3.18. The van der Waals surface area contributed by atoms with Crippen LogP contribution in [0.5, 0.6) is 0 Å². The van der Waals surface area contributed by atoms with Gasteiger partial charge in [0.2, 0.25) is 0 Å². The molecule has 0 aliphatic heterocycles. The van der Waals surface area contributed by atoms with E-state index in [0.29, 0.717) is 51.7 Å². The van der Waals surface area contributed by atoms with Crippen molar-refractivity contribution in [1.82, 2.24) is 0 Å². The smallest absolute Gasteiger partial charge is 0.0542 e. The quantitative estimate of drug-likeness (QED) is 0.353. The molecule has 2 unspecified atom stereocenters. The fourth-order valence-electron chi connectivity index (χ4n) is 1.89. The molecule has 5 heteroatoms. The summed E-state index contributed by atoms with van der Waals surface area (Å²) in [4.78, 5) is 0. The van der Waals surface area contributed by atoms with Crippen LogP contribution in [0.2, 0.25) is 0 Å². The predicted molar refractivity (Wildman–Crippen MR) is 73.9 cm³/mol. The number of hydrogen-bond donors (Lipinski definition) is 4. The molecule has 0 heterocycles. The SMILES string of the molecule is OCCCC(O)CCCOCCCC(O)CCCO. The van der Waals surface area contributed by atoms with Crippen LogP contribution in [-0.2, 0) is 4.74 Å². The topological polar surface area (TPSA) is 90.2 Å². The molecule has 4 N–H and O–H groups in total. The highest BCUT2D eigenvalue weighted by Crippen LogP contribution is 2.06. The van der Waals surface area contributed by atoms with Crippen LogP contribution in [0.25, 0.3) is 0 Å². The summed E-state index contributed by atoms with van der Waals surface area (Å²) in [6.45, 7) is 1.52. The van der Waals surface area contributed by atoms with Gasteiger partial charge >= 0.3 is 0 Å². The maximum atomic E-state index is 9.52. The van der Waals surface area contributed by atoms with Gasteiger partial charge in [0.1, 0.15) is 0 Å². The van der Waals surface area contributed by atoms with Crippen LogP contribution in [0, 0.1) is 0 Å². The average molecular weight is 278 g/mol. The van der Waals surface area contributed by atoms with Crippen molar-refractivity contribution in [2.24, 2.45) is 0 Å². The van der Waals surface area contributed by atoms with E-state index in [1.165, 1.54) is 0 Å². The van der Waals surface area contributed by atoms with E-state index in [4.69, 9.17) is 14.9 Å². The lowest BCUT2D eigenvalue weighted by molar-refractivity contribution is 0.0847. The van der Waals surface area contributed by atoms with Gasteiger partial charge in [-0.05, 0) is 51.4 Å². The molecule has 5 nitrogen and oxygen atoms in total. The summed E-state index contributed by atoms with van der Waals surface area (Å²) < 4.78 is 5.42. The van der Waals surface area contributed by atoms with Gasteiger partial charge in [0.25, 0.3) is 0 Å². The largest absolute Gasteiger partial charge is 0.396 e. The Labute approximate surface area is 116 Å². The first-order valence-electron chi connectivity index (χ1n) is 7.36. The summed E-state index contributed by atoms with van der Waals surface area (Å²) in [5.74, 6) is 0. The highest BCUT2D eigenvalue weighted by atomic mass is 16.5. The summed E-state index contributed by atoms with van der Waals surface area (Å²) >= 11 is 0. The van der Waals surface area contributed by atoms with Gasteiger partial charge in [-0.15, -0.1) is 0 Å². The van der Waals surface area contributed by atoms with Gasteiger partial charge < -0.3 is 25.2 Å². The summed E-state index contributed by atoms with van der Waals surface area (Å²) in [5.41, 5.74) is 0. The molecule has 0 radical (unpaired) electrons. The van der Waals surface area contributed by atoms with E-state index in [1.54, 1.807) is 0 Å². The van der Waals surface area contributed by atoms with Gasteiger partial charge in [-0.1, -0.05) is 0 Å². The molecule has 0 amide bonds. The van der Waals surface area contributed by atoms with Gasteiger partial charge in [0, 0.05) is 26.4 Å². The van der Waals surface area contributed by atoms with Crippen molar-refractivity contribution in [2.75, 3.05) is 26.4 Å². The van der Waals surface area contributed by atoms with Gasteiger partial charge in [-0.3, -0.25) is 0 Å². The molecule has 0 aromatic rings. The highest BCUT2D eigenvalue weighted by Gasteiger charge is 2.04. The number of ether oxygens (including phenoxy) is 1. The molecule has 0 saturated carbocycles. The molecule has 19 heavy (non-hydrogen) atoms. The van der Waals surface area contributed by atoms with E-state index in [2.05, 4.69) is 0 Å². The lowest BCUT2D eigenvalue weighted by atomic mass is 10.1. The van der Waals surface area contributed by atoms with E-state index in [9.17, 15) is 10.2 Å². The van der Waals surface area contributed by atoms with Crippen LogP contribution in [-0.4, -0.2) is 59.1 Å². The van der Waals surface area contributed by atoms with Crippen molar-refractivity contribution in [3.8, 4) is 0 Å². The Morgan fingerprint density at radius 3 is 1.37 bits per heavy atom. The maximum Gasteiger partial charge on any atom is 0.0542 e. The minimum Gasteiger partial charge on any atom is -0.396 e. The third-order valence-electron chi connectivity index (χ3n) is 3.04. The summed E-state index contributed by atoms with van der Waals surface area (Å²) in [6, 6.07) is 0. The zero-order valence-corrected chi connectivity index (χ0v) is 11.8. The monoisotopic (exact) mass is 278 g/mol. The fraction of sp³-hybridized carbons (Fsp3) is 1.00. The van der Waals surface area contributed by atoms with Crippen LogP contribution in [0.1, 0.15) is 51.4 Å². The Morgan fingerprint density at radius 1 is 0.632 bits per heavy atom. The molecule has 0 bridgehead atoms. The highest BCUT2D eigenvalue weighted by molar-refractivity contribution is 4.57. The first kappa shape index (κ1) is 18.8. The van der Waals surface area contributed by atoms with Crippen LogP contribution in [0.3, 0.4) is 0 Å². The summed E-state index contributed by atoms with van der Waals surface area (Å²) in [7, 11) is 0. The normalized spacial score (nSPS) is 14.5. The van der Waals surface area contributed by atoms with Crippen molar-refractivity contribution >= 4 is 0 Å². The van der Waals surface area contributed by atoms with Crippen LogP contribution < -0.4 is 0 Å². The molecular formula is C14H30O5. The number of rotatable bonds is 14. The van der Waals surface area contributed by atoms with Crippen LogP contribution in [0.15, 0.2) is 0 Å². The van der Waals surface area contributed by atoms with Crippen molar-refractivity contribution in [1.29, 1.82) is 0 Å². The van der Waals surface area contributed by atoms with Crippen LogP contribution in [0.4, 0.5) is 0 Å². The average Bonchev–Trinajstić information content (AvgIpc) is 2.41. The second-order valence-corrected chi connectivity index (χ2v) is 4.94. The van der Waals surface area contributed by atoms with Crippen molar-refractivity contribution in [3.63, 3.8) is 0 Å². The molecular weight excluding hydrogens is 248 g/mol. The van der Waals surface area contributed by atoms with E-state index < -0.39 is 0 Å². The third kappa shape index (κ3) is 14.0. The van der Waals surface area contributed by atoms with E-state index >= 15 is 0 Å². The molecule has 0 saturated heterocycles. The van der Waals surface area contributed by atoms with Gasteiger partial charge in [0.15, 0.2) is 0 Å². The number of aliphatic hydroxyl groups excluding tert-OH is 4. The second-order valence-electron chi connectivity index (χ2n) is 4.94. The maximum absolute atomic E-state index is 9.52. The zero-order chi connectivity index (χ0) is 14.3. The number of hydrogen-bond acceptors (Lipinski definition) is 5. The minimum atomic E-state index is -0.337. The van der Waals surface area contributed by atoms with Gasteiger partial charge in [-0.2, -0.15) is 0 Å². The number of aliphatic hydroxyl groups is 4. The van der Waals surface area contributed by atoms with E-state index in [0.717, 1.165) is 12.8 Å². The second kappa shape index (κ2) is 14.2. The lowest BCUT2D eigenvalue weighted by Crippen LogP contribution is -2.10.